The number of fused-ring (bicyclic) bond motifs is 1. The number of thiophene rings is 1. The molecule has 0 N–H and O–H groups in total. The molecule has 8 heteroatoms. The molecule has 1 spiro atoms. The number of hydrogen-bond donors (Lipinski definition) is 0. The molecule has 6 nitrogen and oxygen atoms in total. The van der Waals surface area contributed by atoms with Crippen LogP contribution in [0.25, 0.3) is 10.2 Å². The third kappa shape index (κ3) is 3.63. The van der Waals surface area contributed by atoms with Crippen molar-refractivity contribution >= 4 is 39.0 Å². The van der Waals surface area contributed by atoms with Crippen molar-refractivity contribution in [3.8, 4) is 0 Å². The van der Waals surface area contributed by atoms with Gasteiger partial charge in [-0.1, -0.05) is 6.92 Å². The lowest BCUT2D eigenvalue weighted by Gasteiger charge is -2.54. The smallest absolute Gasteiger partial charge is 0.224 e. The van der Waals surface area contributed by atoms with E-state index < -0.39 is 0 Å². The van der Waals surface area contributed by atoms with E-state index in [4.69, 9.17) is 16.3 Å². The Balaban J connectivity index is 1.29. The van der Waals surface area contributed by atoms with Crippen molar-refractivity contribution in [3.05, 3.63) is 16.2 Å². The van der Waals surface area contributed by atoms with Crippen LogP contribution in [0, 0.1) is 5.41 Å². The van der Waals surface area contributed by atoms with Crippen LogP contribution in [0.1, 0.15) is 24.6 Å². The zero-order valence-corrected chi connectivity index (χ0v) is 18.1. The lowest BCUT2D eigenvalue weighted by Crippen LogP contribution is -2.59. The lowest BCUT2D eigenvalue weighted by atomic mass is 9.72. The van der Waals surface area contributed by atoms with Gasteiger partial charge in [-0.15, -0.1) is 11.3 Å². The molecule has 3 aliphatic heterocycles. The fourth-order valence-corrected chi connectivity index (χ4v) is 6.22. The predicted octanol–water partition coefficient (Wildman–Crippen LogP) is 3.10. The minimum atomic E-state index is 0.337. The molecule has 0 radical (unpaired) electrons. The average Bonchev–Trinajstić information content (AvgIpc) is 3.09. The zero-order valence-electron chi connectivity index (χ0n) is 16.5. The number of piperidine rings is 1. The first kappa shape index (κ1) is 19.0. The van der Waals surface area contributed by atoms with Crippen molar-refractivity contribution in [3.63, 3.8) is 0 Å². The van der Waals surface area contributed by atoms with Crippen LogP contribution in [0.4, 0.5) is 5.82 Å². The Kier molecular flexibility index (Phi) is 5.22. The Morgan fingerprint density at radius 1 is 1.11 bits per heavy atom. The summed E-state index contributed by atoms with van der Waals surface area (Å²) in [7, 11) is 0. The molecule has 152 valence electrons. The van der Waals surface area contributed by atoms with Gasteiger partial charge in [-0.2, -0.15) is 4.98 Å². The second-order valence-electron chi connectivity index (χ2n) is 8.42. The van der Waals surface area contributed by atoms with Gasteiger partial charge in [0.2, 0.25) is 5.28 Å². The van der Waals surface area contributed by atoms with E-state index in [-0.39, 0.29) is 0 Å². The van der Waals surface area contributed by atoms with E-state index in [0.717, 1.165) is 48.9 Å². The highest BCUT2D eigenvalue weighted by molar-refractivity contribution is 7.19. The normalized spacial score (nSPS) is 23.4. The number of nitrogens with zero attached hydrogens (tertiary/aromatic N) is 5. The Morgan fingerprint density at radius 3 is 2.57 bits per heavy atom. The van der Waals surface area contributed by atoms with E-state index in [1.54, 1.807) is 0 Å². The second kappa shape index (κ2) is 7.69. The van der Waals surface area contributed by atoms with Gasteiger partial charge >= 0.3 is 0 Å². The van der Waals surface area contributed by atoms with Crippen LogP contribution in [-0.4, -0.2) is 78.8 Å². The van der Waals surface area contributed by atoms with Crippen molar-refractivity contribution in [2.75, 3.05) is 63.9 Å². The van der Waals surface area contributed by atoms with Gasteiger partial charge in [-0.25, -0.2) is 4.98 Å². The van der Waals surface area contributed by atoms with Crippen molar-refractivity contribution in [1.29, 1.82) is 0 Å². The van der Waals surface area contributed by atoms with Gasteiger partial charge in [0.15, 0.2) is 5.82 Å². The van der Waals surface area contributed by atoms with Gasteiger partial charge in [0.25, 0.3) is 0 Å². The summed E-state index contributed by atoms with van der Waals surface area (Å²) >= 11 is 8.05. The predicted molar refractivity (Wildman–Crippen MR) is 115 cm³/mol. The number of rotatable bonds is 4. The van der Waals surface area contributed by atoms with E-state index in [0.29, 0.717) is 10.7 Å². The van der Waals surface area contributed by atoms with E-state index >= 15 is 0 Å². The van der Waals surface area contributed by atoms with Crippen LogP contribution in [-0.2, 0) is 11.3 Å². The zero-order chi connectivity index (χ0) is 19.1. The molecule has 0 saturated carbocycles. The number of hydrogen-bond acceptors (Lipinski definition) is 7. The van der Waals surface area contributed by atoms with Crippen molar-refractivity contribution in [2.24, 2.45) is 5.41 Å². The monoisotopic (exact) mass is 421 g/mol. The molecule has 3 aliphatic rings. The quantitative estimate of drug-likeness (QED) is 0.707. The number of likely N-dealkylation sites (tertiary alicyclic amines) is 2. The molecule has 0 aromatic carbocycles. The van der Waals surface area contributed by atoms with Crippen molar-refractivity contribution < 1.29 is 4.74 Å². The number of halogens is 1. The fraction of sp³-hybridized carbons (Fsp3) is 0.700. The first-order valence-electron chi connectivity index (χ1n) is 10.4. The number of morpholine rings is 1. The summed E-state index contributed by atoms with van der Waals surface area (Å²) in [4.78, 5) is 17.9. The Hall–Kier alpha value is -0.990. The first-order valence-corrected chi connectivity index (χ1v) is 11.6. The maximum atomic E-state index is 6.23. The summed E-state index contributed by atoms with van der Waals surface area (Å²) in [6.45, 7) is 12.7. The lowest BCUT2D eigenvalue weighted by molar-refractivity contribution is -0.0497. The standard InChI is InChI=1S/C20H28ClN5OS/c1-2-24-5-3-20(4-6-24)13-25(14-20)12-15-11-16-17(28-15)18(23-19(21)22-16)26-7-9-27-10-8-26/h11H,2-10,12-14H2,1H3. The molecule has 28 heavy (non-hydrogen) atoms. The van der Waals surface area contributed by atoms with E-state index in [9.17, 15) is 0 Å². The largest absolute Gasteiger partial charge is 0.378 e. The van der Waals surface area contributed by atoms with Gasteiger partial charge in [-0.05, 0) is 55.6 Å². The highest BCUT2D eigenvalue weighted by atomic mass is 35.5. The molecule has 3 fully saturated rings. The molecule has 2 aromatic rings. The van der Waals surface area contributed by atoms with Crippen LogP contribution >= 0.6 is 22.9 Å². The van der Waals surface area contributed by atoms with Gasteiger partial charge in [0.1, 0.15) is 0 Å². The van der Waals surface area contributed by atoms with Crippen LogP contribution in [0.15, 0.2) is 6.07 Å². The number of ether oxygens (including phenoxy) is 1. The molecule has 0 aliphatic carbocycles. The number of aromatic nitrogens is 2. The number of anilines is 1. The first-order chi connectivity index (χ1) is 13.6. The molecule has 0 bridgehead atoms. The van der Waals surface area contributed by atoms with Crippen LogP contribution < -0.4 is 4.90 Å². The molecule has 0 amide bonds. The maximum Gasteiger partial charge on any atom is 0.224 e. The summed E-state index contributed by atoms with van der Waals surface area (Å²) in [6, 6.07) is 2.21. The van der Waals surface area contributed by atoms with E-state index in [2.05, 4.69) is 37.7 Å². The summed E-state index contributed by atoms with van der Waals surface area (Å²) in [6.07, 6.45) is 2.71. The van der Waals surface area contributed by atoms with Crippen LogP contribution in [0.2, 0.25) is 5.28 Å². The molecule has 0 atom stereocenters. The molecule has 3 saturated heterocycles. The van der Waals surface area contributed by atoms with Crippen LogP contribution in [0.5, 0.6) is 0 Å². The van der Waals surface area contributed by atoms with Crippen LogP contribution in [0.3, 0.4) is 0 Å². The third-order valence-electron chi connectivity index (χ3n) is 6.55. The molecule has 0 unspecified atom stereocenters. The Bertz CT molecular complexity index is 836. The fourth-order valence-electron chi connectivity index (χ4n) is 4.90. The molecule has 5 heterocycles. The molecular formula is C20H28ClN5OS. The average molecular weight is 422 g/mol. The van der Waals surface area contributed by atoms with Crippen molar-refractivity contribution in [1.82, 2.24) is 19.8 Å². The highest BCUT2D eigenvalue weighted by Gasteiger charge is 2.44. The minimum Gasteiger partial charge on any atom is -0.378 e. The Labute approximate surface area is 175 Å². The van der Waals surface area contributed by atoms with E-state index in [1.807, 2.05) is 11.3 Å². The summed E-state index contributed by atoms with van der Waals surface area (Å²) in [5, 5.41) is 0.337. The van der Waals surface area contributed by atoms with Gasteiger partial charge in [0, 0.05) is 37.6 Å². The summed E-state index contributed by atoms with van der Waals surface area (Å²) in [5.41, 5.74) is 1.55. The molecule has 2 aromatic heterocycles. The summed E-state index contributed by atoms with van der Waals surface area (Å²) < 4.78 is 6.65. The maximum absolute atomic E-state index is 6.23. The van der Waals surface area contributed by atoms with Gasteiger partial charge < -0.3 is 14.5 Å². The topological polar surface area (TPSA) is 44.7 Å². The molecular weight excluding hydrogens is 394 g/mol. The minimum absolute atomic E-state index is 0.337. The second-order valence-corrected chi connectivity index (χ2v) is 9.90. The Morgan fingerprint density at radius 2 is 1.86 bits per heavy atom. The van der Waals surface area contributed by atoms with Crippen molar-refractivity contribution in [2.45, 2.75) is 26.3 Å². The third-order valence-corrected chi connectivity index (χ3v) is 7.82. The van der Waals surface area contributed by atoms with Gasteiger partial charge in [-0.3, -0.25) is 4.90 Å². The molecule has 5 rings (SSSR count). The summed E-state index contributed by atoms with van der Waals surface area (Å²) in [5.74, 6) is 0.974. The SMILES string of the molecule is CCN1CCC2(CC1)CN(Cc1cc3nc(Cl)nc(N4CCOCC4)c3s1)C2. The van der Waals surface area contributed by atoms with E-state index in [1.165, 1.54) is 50.4 Å². The van der Waals surface area contributed by atoms with Gasteiger partial charge in [0.05, 0.1) is 23.4 Å². The highest BCUT2D eigenvalue weighted by Crippen LogP contribution is 2.42.